The molecule has 0 aliphatic rings. The van der Waals surface area contributed by atoms with Gasteiger partial charge in [0, 0.05) is 6.54 Å². The second-order valence-electron chi connectivity index (χ2n) is 2.97. The summed E-state index contributed by atoms with van der Waals surface area (Å²) in [4.78, 5) is 0. The number of hydrogen-bond donors (Lipinski definition) is 1. The lowest BCUT2D eigenvalue weighted by molar-refractivity contribution is 0.564. The second kappa shape index (κ2) is 4.06. The topological polar surface area (TPSA) is 69.9 Å². The van der Waals surface area contributed by atoms with E-state index in [9.17, 15) is 0 Å². The molecule has 0 radical (unpaired) electrons. The van der Waals surface area contributed by atoms with E-state index in [1.165, 1.54) is 0 Å². The molecule has 2 N–H and O–H groups in total. The molecule has 0 unspecified atom stereocenters. The molecule has 0 spiro atoms. The van der Waals surface area contributed by atoms with Gasteiger partial charge in [0.25, 0.3) is 0 Å². The molecule has 0 saturated heterocycles. The SMILES string of the molecule is NCCCn1cnnc1-c1ccco1. The molecule has 2 heterocycles. The standard InChI is InChI=1S/C9H12N4O/c10-4-2-5-13-7-11-12-9(13)8-3-1-6-14-8/h1,3,6-7H,2,4-5,10H2. The third kappa shape index (κ3) is 1.67. The summed E-state index contributed by atoms with van der Waals surface area (Å²) in [6, 6.07) is 3.69. The predicted octanol–water partition coefficient (Wildman–Crippen LogP) is 0.887. The first kappa shape index (κ1) is 8.96. The van der Waals surface area contributed by atoms with Crippen molar-refractivity contribution >= 4 is 0 Å². The van der Waals surface area contributed by atoms with Crippen LogP contribution in [0.25, 0.3) is 11.6 Å². The van der Waals surface area contributed by atoms with E-state index in [0.29, 0.717) is 6.54 Å². The first-order valence-corrected chi connectivity index (χ1v) is 4.53. The van der Waals surface area contributed by atoms with Crippen molar-refractivity contribution in [2.24, 2.45) is 5.73 Å². The van der Waals surface area contributed by atoms with Crippen LogP contribution < -0.4 is 5.73 Å². The van der Waals surface area contributed by atoms with Gasteiger partial charge in [0.05, 0.1) is 6.26 Å². The fourth-order valence-corrected chi connectivity index (χ4v) is 1.28. The minimum Gasteiger partial charge on any atom is -0.461 e. The molecule has 74 valence electrons. The van der Waals surface area contributed by atoms with E-state index in [2.05, 4.69) is 10.2 Å². The molecule has 0 atom stereocenters. The second-order valence-corrected chi connectivity index (χ2v) is 2.97. The van der Waals surface area contributed by atoms with E-state index in [4.69, 9.17) is 10.2 Å². The Hall–Kier alpha value is -1.62. The Bertz CT molecular complexity index is 379. The Kier molecular flexibility index (Phi) is 2.60. The number of rotatable bonds is 4. The molecule has 0 amide bonds. The van der Waals surface area contributed by atoms with Gasteiger partial charge in [0.2, 0.25) is 0 Å². The largest absolute Gasteiger partial charge is 0.461 e. The average molecular weight is 192 g/mol. The summed E-state index contributed by atoms with van der Waals surface area (Å²) in [5.74, 6) is 1.49. The fourth-order valence-electron chi connectivity index (χ4n) is 1.28. The molecule has 2 aromatic heterocycles. The molecule has 0 aliphatic heterocycles. The minimum atomic E-state index is 0.662. The van der Waals surface area contributed by atoms with E-state index in [0.717, 1.165) is 24.6 Å². The zero-order valence-corrected chi connectivity index (χ0v) is 7.76. The summed E-state index contributed by atoms with van der Waals surface area (Å²) < 4.78 is 7.18. The summed E-state index contributed by atoms with van der Waals surface area (Å²) in [5, 5.41) is 7.83. The zero-order chi connectivity index (χ0) is 9.80. The van der Waals surface area contributed by atoms with Crippen molar-refractivity contribution in [3.05, 3.63) is 24.7 Å². The Morgan fingerprint density at radius 2 is 2.43 bits per heavy atom. The van der Waals surface area contributed by atoms with Crippen LogP contribution in [0.5, 0.6) is 0 Å². The lowest BCUT2D eigenvalue weighted by atomic mass is 10.4. The smallest absolute Gasteiger partial charge is 0.199 e. The normalized spacial score (nSPS) is 10.6. The molecule has 2 rings (SSSR count). The van der Waals surface area contributed by atoms with Crippen molar-refractivity contribution in [3.63, 3.8) is 0 Å². The van der Waals surface area contributed by atoms with Gasteiger partial charge in [-0.15, -0.1) is 10.2 Å². The molecular weight excluding hydrogens is 180 g/mol. The van der Waals surface area contributed by atoms with Crippen molar-refractivity contribution in [3.8, 4) is 11.6 Å². The van der Waals surface area contributed by atoms with Crippen LogP contribution in [0.3, 0.4) is 0 Å². The van der Waals surface area contributed by atoms with Gasteiger partial charge in [-0.3, -0.25) is 0 Å². The fraction of sp³-hybridized carbons (Fsp3) is 0.333. The van der Waals surface area contributed by atoms with Crippen LogP contribution in [0.15, 0.2) is 29.1 Å². The van der Waals surface area contributed by atoms with Crippen LogP contribution >= 0.6 is 0 Å². The Morgan fingerprint density at radius 3 is 3.14 bits per heavy atom. The molecule has 0 aliphatic carbocycles. The lowest BCUT2D eigenvalue weighted by Gasteiger charge is -2.02. The maximum absolute atomic E-state index is 5.44. The highest BCUT2D eigenvalue weighted by Gasteiger charge is 2.08. The highest BCUT2D eigenvalue weighted by molar-refractivity contribution is 5.45. The average Bonchev–Trinajstić information content (AvgIpc) is 2.84. The van der Waals surface area contributed by atoms with Crippen molar-refractivity contribution in [2.75, 3.05) is 6.54 Å². The number of nitrogens with zero attached hydrogens (tertiary/aromatic N) is 3. The minimum absolute atomic E-state index is 0.662. The molecule has 0 bridgehead atoms. The van der Waals surface area contributed by atoms with E-state index < -0.39 is 0 Å². The van der Waals surface area contributed by atoms with Gasteiger partial charge in [-0.2, -0.15) is 0 Å². The Labute approximate surface area is 81.5 Å². The third-order valence-electron chi connectivity index (χ3n) is 1.96. The molecule has 5 heteroatoms. The monoisotopic (exact) mass is 192 g/mol. The molecule has 2 aromatic rings. The number of furan rings is 1. The molecule has 5 nitrogen and oxygen atoms in total. The first-order chi connectivity index (χ1) is 6.92. The predicted molar refractivity (Wildman–Crippen MR) is 51.4 cm³/mol. The highest BCUT2D eigenvalue weighted by atomic mass is 16.3. The van der Waals surface area contributed by atoms with Crippen LogP contribution in [0.4, 0.5) is 0 Å². The van der Waals surface area contributed by atoms with Gasteiger partial charge < -0.3 is 14.7 Å². The first-order valence-electron chi connectivity index (χ1n) is 4.53. The van der Waals surface area contributed by atoms with Gasteiger partial charge >= 0.3 is 0 Å². The van der Waals surface area contributed by atoms with Crippen LogP contribution in [-0.4, -0.2) is 21.3 Å². The third-order valence-corrected chi connectivity index (χ3v) is 1.96. The Morgan fingerprint density at radius 1 is 1.50 bits per heavy atom. The van der Waals surface area contributed by atoms with E-state index in [1.54, 1.807) is 12.6 Å². The maximum atomic E-state index is 5.44. The zero-order valence-electron chi connectivity index (χ0n) is 7.76. The van der Waals surface area contributed by atoms with Crippen LogP contribution in [0.2, 0.25) is 0 Å². The number of nitrogens with two attached hydrogens (primary N) is 1. The van der Waals surface area contributed by atoms with E-state index >= 15 is 0 Å². The Balaban J connectivity index is 2.22. The van der Waals surface area contributed by atoms with Crippen LogP contribution in [-0.2, 0) is 6.54 Å². The number of aromatic nitrogens is 3. The summed E-state index contributed by atoms with van der Waals surface area (Å²) in [5.41, 5.74) is 5.44. The maximum Gasteiger partial charge on any atom is 0.199 e. The van der Waals surface area contributed by atoms with Crippen molar-refractivity contribution in [2.45, 2.75) is 13.0 Å². The number of aryl methyl sites for hydroxylation is 1. The van der Waals surface area contributed by atoms with Gasteiger partial charge in [-0.05, 0) is 25.1 Å². The lowest BCUT2D eigenvalue weighted by Crippen LogP contribution is -2.06. The van der Waals surface area contributed by atoms with Crippen molar-refractivity contribution in [1.82, 2.24) is 14.8 Å². The summed E-state index contributed by atoms with van der Waals surface area (Å²) in [7, 11) is 0. The van der Waals surface area contributed by atoms with Gasteiger partial charge in [0.1, 0.15) is 6.33 Å². The molecule has 0 aromatic carbocycles. The van der Waals surface area contributed by atoms with Gasteiger partial charge in [-0.25, -0.2) is 0 Å². The molecule has 0 saturated carbocycles. The van der Waals surface area contributed by atoms with Crippen molar-refractivity contribution in [1.29, 1.82) is 0 Å². The number of hydrogen-bond acceptors (Lipinski definition) is 4. The van der Waals surface area contributed by atoms with Crippen molar-refractivity contribution < 1.29 is 4.42 Å². The summed E-state index contributed by atoms with van der Waals surface area (Å²) in [6.07, 6.45) is 4.22. The molecular formula is C9H12N4O. The van der Waals surface area contributed by atoms with Gasteiger partial charge in [-0.1, -0.05) is 0 Å². The quantitative estimate of drug-likeness (QED) is 0.780. The van der Waals surface area contributed by atoms with Crippen LogP contribution in [0, 0.1) is 0 Å². The molecule has 14 heavy (non-hydrogen) atoms. The van der Waals surface area contributed by atoms with Gasteiger partial charge in [0.15, 0.2) is 11.6 Å². The molecule has 0 fully saturated rings. The van der Waals surface area contributed by atoms with E-state index in [1.807, 2.05) is 16.7 Å². The highest BCUT2D eigenvalue weighted by Crippen LogP contribution is 2.16. The summed E-state index contributed by atoms with van der Waals surface area (Å²) >= 11 is 0. The van der Waals surface area contributed by atoms with Crippen LogP contribution in [0.1, 0.15) is 6.42 Å². The summed E-state index contributed by atoms with van der Waals surface area (Å²) in [6.45, 7) is 1.48. The van der Waals surface area contributed by atoms with E-state index in [-0.39, 0.29) is 0 Å².